The van der Waals surface area contributed by atoms with Gasteiger partial charge < -0.3 is 10.5 Å². The lowest BCUT2D eigenvalue weighted by Gasteiger charge is -2.08. The standard InChI is InChI=1S/C15H18N2O3S/c1-2-17-21(18,19)15-8-6-13(7-9-15)20-14-5-3-4-12(10-14)11-16/h3-10,17H,2,11,16H2,1H3. The lowest BCUT2D eigenvalue weighted by molar-refractivity contribution is 0.481. The summed E-state index contributed by atoms with van der Waals surface area (Å²) in [4.78, 5) is 0.215. The van der Waals surface area contributed by atoms with E-state index >= 15 is 0 Å². The van der Waals surface area contributed by atoms with Crippen molar-refractivity contribution in [3.05, 3.63) is 54.1 Å². The molecule has 21 heavy (non-hydrogen) atoms. The van der Waals surface area contributed by atoms with Crippen molar-refractivity contribution in [1.82, 2.24) is 4.72 Å². The van der Waals surface area contributed by atoms with E-state index in [1.54, 1.807) is 19.1 Å². The lowest BCUT2D eigenvalue weighted by Crippen LogP contribution is -2.22. The third-order valence-corrected chi connectivity index (χ3v) is 4.40. The molecule has 0 heterocycles. The Labute approximate surface area is 124 Å². The first kappa shape index (κ1) is 15.5. The highest BCUT2D eigenvalue weighted by Gasteiger charge is 2.12. The summed E-state index contributed by atoms with van der Waals surface area (Å²) in [5.74, 6) is 1.24. The summed E-state index contributed by atoms with van der Waals surface area (Å²) in [6.07, 6.45) is 0. The number of sulfonamides is 1. The van der Waals surface area contributed by atoms with E-state index < -0.39 is 10.0 Å². The van der Waals surface area contributed by atoms with E-state index in [-0.39, 0.29) is 4.90 Å². The van der Waals surface area contributed by atoms with Crippen LogP contribution in [-0.4, -0.2) is 15.0 Å². The molecule has 0 spiro atoms. The van der Waals surface area contributed by atoms with Crippen LogP contribution in [0.5, 0.6) is 11.5 Å². The van der Waals surface area contributed by atoms with Crippen molar-refractivity contribution in [2.24, 2.45) is 5.73 Å². The van der Waals surface area contributed by atoms with Crippen LogP contribution in [0.4, 0.5) is 0 Å². The zero-order valence-electron chi connectivity index (χ0n) is 11.7. The Kier molecular flexibility index (Phi) is 4.95. The maximum absolute atomic E-state index is 11.8. The molecule has 3 N–H and O–H groups in total. The van der Waals surface area contributed by atoms with E-state index in [0.717, 1.165) is 5.56 Å². The maximum atomic E-state index is 11.8. The monoisotopic (exact) mass is 306 g/mol. The molecule has 0 saturated carbocycles. The normalized spacial score (nSPS) is 11.3. The molecule has 0 radical (unpaired) electrons. The van der Waals surface area contributed by atoms with Crippen molar-refractivity contribution < 1.29 is 13.2 Å². The molecule has 0 bridgehead atoms. The van der Waals surface area contributed by atoms with E-state index in [2.05, 4.69) is 4.72 Å². The number of nitrogens with two attached hydrogens (primary N) is 1. The molecule has 0 aliphatic carbocycles. The van der Waals surface area contributed by atoms with Gasteiger partial charge >= 0.3 is 0 Å². The average Bonchev–Trinajstić information content (AvgIpc) is 2.48. The number of hydrogen-bond donors (Lipinski definition) is 2. The smallest absolute Gasteiger partial charge is 0.240 e. The molecule has 0 aliphatic rings. The number of benzene rings is 2. The van der Waals surface area contributed by atoms with Crippen molar-refractivity contribution in [3.8, 4) is 11.5 Å². The molecular weight excluding hydrogens is 288 g/mol. The quantitative estimate of drug-likeness (QED) is 0.857. The second-order valence-electron chi connectivity index (χ2n) is 4.43. The predicted molar refractivity (Wildman–Crippen MR) is 81.7 cm³/mol. The molecule has 0 amide bonds. The number of rotatable bonds is 6. The Morgan fingerprint density at radius 3 is 2.43 bits per heavy atom. The highest BCUT2D eigenvalue weighted by Crippen LogP contribution is 2.23. The van der Waals surface area contributed by atoms with Gasteiger partial charge in [0, 0.05) is 13.1 Å². The summed E-state index contributed by atoms with van der Waals surface area (Å²) in [6, 6.07) is 13.7. The molecule has 2 aromatic rings. The minimum atomic E-state index is -3.43. The van der Waals surface area contributed by atoms with E-state index in [9.17, 15) is 8.42 Å². The summed E-state index contributed by atoms with van der Waals surface area (Å²) in [5, 5.41) is 0. The molecule has 0 atom stereocenters. The average molecular weight is 306 g/mol. The molecular formula is C15H18N2O3S. The second kappa shape index (κ2) is 6.71. The zero-order valence-corrected chi connectivity index (χ0v) is 12.6. The van der Waals surface area contributed by atoms with Gasteiger partial charge in [-0.05, 0) is 42.0 Å². The van der Waals surface area contributed by atoms with Gasteiger partial charge in [-0.3, -0.25) is 0 Å². The van der Waals surface area contributed by atoms with Crippen molar-refractivity contribution in [1.29, 1.82) is 0 Å². The van der Waals surface area contributed by atoms with E-state index in [0.29, 0.717) is 24.6 Å². The fourth-order valence-electron chi connectivity index (χ4n) is 1.83. The van der Waals surface area contributed by atoms with Crippen LogP contribution in [0, 0.1) is 0 Å². The van der Waals surface area contributed by atoms with E-state index in [1.807, 2.05) is 24.3 Å². The molecule has 6 heteroatoms. The van der Waals surface area contributed by atoms with Gasteiger partial charge in [0.15, 0.2) is 0 Å². The van der Waals surface area contributed by atoms with Crippen LogP contribution in [0.1, 0.15) is 12.5 Å². The fraction of sp³-hybridized carbons (Fsp3) is 0.200. The van der Waals surface area contributed by atoms with Crippen LogP contribution in [0.2, 0.25) is 0 Å². The molecule has 5 nitrogen and oxygen atoms in total. The fourth-order valence-corrected chi connectivity index (χ4v) is 2.87. The number of hydrogen-bond acceptors (Lipinski definition) is 4. The Hall–Kier alpha value is -1.89. The van der Waals surface area contributed by atoms with Gasteiger partial charge in [0.2, 0.25) is 10.0 Å². The van der Waals surface area contributed by atoms with Gasteiger partial charge in [-0.25, -0.2) is 13.1 Å². The summed E-state index contributed by atoms with van der Waals surface area (Å²) >= 11 is 0. The Balaban J connectivity index is 2.16. The van der Waals surface area contributed by atoms with Gasteiger partial charge in [-0.2, -0.15) is 0 Å². The zero-order chi connectivity index (χ0) is 15.3. The molecule has 2 rings (SSSR count). The summed E-state index contributed by atoms with van der Waals surface area (Å²) in [6.45, 7) is 2.53. The maximum Gasteiger partial charge on any atom is 0.240 e. The van der Waals surface area contributed by atoms with Gasteiger partial charge in [0.1, 0.15) is 11.5 Å². The summed E-state index contributed by atoms with van der Waals surface area (Å²) < 4.78 is 31.8. The minimum absolute atomic E-state index is 0.215. The SMILES string of the molecule is CCNS(=O)(=O)c1ccc(Oc2cccc(CN)c2)cc1. The first-order valence-electron chi connectivity index (χ1n) is 6.62. The molecule has 2 aromatic carbocycles. The van der Waals surface area contributed by atoms with Gasteiger partial charge in [0.25, 0.3) is 0 Å². The molecule has 0 aromatic heterocycles. The lowest BCUT2D eigenvalue weighted by atomic mass is 10.2. The predicted octanol–water partition coefficient (Wildman–Crippen LogP) is 2.24. The van der Waals surface area contributed by atoms with Crippen LogP contribution < -0.4 is 15.2 Å². The Bertz CT molecular complexity index is 697. The largest absolute Gasteiger partial charge is 0.457 e. The van der Waals surface area contributed by atoms with Crippen molar-refractivity contribution >= 4 is 10.0 Å². The van der Waals surface area contributed by atoms with Crippen molar-refractivity contribution in [2.75, 3.05) is 6.54 Å². The summed E-state index contributed by atoms with van der Waals surface area (Å²) in [5.41, 5.74) is 6.55. The number of nitrogens with one attached hydrogen (secondary N) is 1. The third kappa shape index (κ3) is 4.04. The van der Waals surface area contributed by atoms with Crippen LogP contribution in [0.3, 0.4) is 0 Å². The van der Waals surface area contributed by atoms with Crippen LogP contribution >= 0.6 is 0 Å². The highest BCUT2D eigenvalue weighted by atomic mass is 32.2. The Morgan fingerprint density at radius 2 is 1.81 bits per heavy atom. The van der Waals surface area contributed by atoms with Crippen LogP contribution in [-0.2, 0) is 16.6 Å². The molecule has 0 saturated heterocycles. The van der Waals surface area contributed by atoms with E-state index in [4.69, 9.17) is 10.5 Å². The summed E-state index contributed by atoms with van der Waals surface area (Å²) in [7, 11) is -3.43. The topological polar surface area (TPSA) is 81.4 Å². The van der Waals surface area contributed by atoms with Crippen LogP contribution in [0.15, 0.2) is 53.4 Å². The number of ether oxygens (including phenoxy) is 1. The second-order valence-corrected chi connectivity index (χ2v) is 6.19. The first-order valence-corrected chi connectivity index (χ1v) is 8.10. The van der Waals surface area contributed by atoms with Gasteiger partial charge in [0.05, 0.1) is 4.90 Å². The van der Waals surface area contributed by atoms with E-state index in [1.165, 1.54) is 12.1 Å². The van der Waals surface area contributed by atoms with Gasteiger partial charge in [-0.15, -0.1) is 0 Å². The Morgan fingerprint density at radius 1 is 1.10 bits per heavy atom. The minimum Gasteiger partial charge on any atom is -0.457 e. The third-order valence-electron chi connectivity index (χ3n) is 2.84. The van der Waals surface area contributed by atoms with Crippen molar-refractivity contribution in [3.63, 3.8) is 0 Å². The van der Waals surface area contributed by atoms with Crippen molar-refractivity contribution in [2.45, 2.75) is 18.4 Å². The molecule has 0 aliphatic heterocycles. The van der Waals surface area contributed by atoms with Crippen LogP contribution in [0.25, 0.3) is 0 Å². The molecule has 0 unspecified atom stereocenters. The highest BCUT2D eigenvalue weighted by molar-refractivity contribution is 7.89. The first-order chi connectivity index (χ1) is 10.0. The van der Waals surface area contributed by atoms with Gasteiger partial charge in [-0.1, -0.05) is 19.1 Å². The molecule has 112 valence electrons. The molecule has 0 fully saturated rings.